The zero-order valence-corrected chi connectivity index (χ0v) is 19.8. The lowest BCUT2D eigenvalue weighted by Gasteiger charge is -2.47. The highest BCUT2D eigenvalue weighted by molar-refractivity contribution is 8.01. The summed E-state index contributed by atoms with van der Waals surface area (Å²) in [5, 5.41) is 0. The molecule has 1 saturated heterocycles. The van der Waals surface area contributed by atoms with Crippen LogP contribution in [-0.2, 0) is 33.3 Å². The van der Waals surface area contributed by atoms with E-state index in [1.54, 1.807) is 0 Å². The molecule has 1 aliphatic heterocycles. The number of hydrogen-bond acceptors (Lipinski definition) is 8. The SMILES string of the molecule is CC[C@@H](OC(C)=O)[C@@H](OC(C)=O)C1O[C@@](Sc2ccccc2)(C(=O)OC)C[C@@H](C)[C@H]1C. The summed E-state index contributed by atoms with van der Waals surface area (Å²) < 4.78 is 22.7. The van der Waals surface area contributed by atoms with E-state index in [0.29, 0.717) is 12.8 Å². The number of rotatable bonds is 8. The first kappa shape index (κ1) is 25.2. The molecule has 1 aromatic rings. The number of carbonyl (C=O) groups excluding carboxylic acids is 3. The molecule has 7 nitrogen and oxygen atoms in total. The van der Waals surface area contributed by atoms with Gasteiger partial charge in [-0.1, -0.05) is 50.7 Å². The normalized spacial score (nSPS) is 27.6. The van der Waals surface area contributed by atoms with Crippen molar-refractivity contribution in [2.24, 2.45) is 11.8 Å². The fraction of sp³-hybridized carbons (Fsp3) is 0.609. The Morgan fingerprint density at radius 2 is 1.74 bits per heavy atom. The van der Waals surface area contributed by atoms with E-state index in [0.717, 1.165) is 4.90 Å². The molecule has 31 heavy (non-hydrogen) atoms. The Bertz CT molecular complexity index is 768. The van der Waals surface area contributed by atoms with Crippen molar-refractivity contribution in [2.45, 2.75) is 75.6 Å². The average Bonchev–Trinajstić information content (AvgIpc) is 2.73. The van der Waals surface area contributed by atoms with E-state index in [2.05, 4.69) is 0 Å². The minimum Gasteiger partial charge on any atom is -0.466 e. The minimum absolute atomic E-state index is 0.0435. The predicted octanol–water partition coefficient (Wildman–Crippen LogP) is 3.98. The van der Waals surface area contributed by atoms with E-state index < -0.39 is 41.2 Å². The summed E-state index contributed by atoms with van der Waals surface area (Å²) in [6, 6.07) is 9.46. The second-order valence-corrected chi connectivity index (χ2v) is 9.25. The van der Waals surface area contributed by atoms with Crippen LogP contribution in [0, 0.1) is 11.8 Å². The lowest BCUT2D eigenvalue weighted by Crippen LogP contribution is -2.58. The van der Waals surface area contributed by atoms with E-state index in [-0.39, 0.29) is 11.8 Å². The Balaban J connectivity index is 2.48. The minimum atomic E-state index is -1.32. The molecule has 1 unspecified atom stereocenters. The van der Waals surface area contributed by atoms with Crippen LogP contribution in [0.15, 0.2) is 35.2 Å². The van der Waals surface area contributed by atoms with E-state index in [9.17, 15) is 14.4 Å². The molecule has 6 atom stereocenters. The van der Waals surface area contributed by atoms with Crippen LogP contribution in [0.3, 0.4) is 0 Å². The van der Waals surface area contributed by atoms with Crippen molar-refractivity contribution in [3.63, 3.8) is 0 Å². The van der Waals surface area contributed by atoms with Gasteiger partial charge in [-0.25, -0.2) is 4.79 Å². The average molecular weight is 453 g/mol. The zero-order chi connectivity index (χ0) is 23.2. The first-order valence-corrected chi connectivity index (χ1v) is 11.3. The van der Waals surface area contributed by atoms with Gasteiger partial charge in [0.15, 0.2) is 6.10 Å². The van der Waals surface area contributed by atoms with Crippen molar-refractivity contribution in [1.82, 2.24) is 0 Å². The van der Waals surface area contributed by atoms with Gasteiger partial charge in [0.25, 0.3) is 0 Å². The van der Waals surface area contributed by atoms with Gasteiger partial charge in [-0.2, -0.15) is 0 Å². The lowest BCUT2D eigenvalue weighted by atomic mass is 9.80. The van der Waals surface area contributed by atoms with Gasteiger partial charge < -0.3 is 18.9 Å². The Morgan fingerprint density at radius 1 is 1.13 bits per heavy atom. The molecule has 0 N–H and O–H groups in total. The van der Waals surface area contributed by atoms with Gasteiger partial charge >= 0.3 is 17.9 Å². The van der Waals surface area contributed by atoms with Crippen LogP contribution in [0.25, 0.3) is 0 Å². The van der Waals surface area contributed by atoms with Crippen LogP contribution < -0.4 is 0 Å². The second-order valence-electron chi connectivity index (χ2n) is 7.91. The fourth-order valence-corrected chi connectivity index (χ4v) is 5.24. The number of methoxy groups -OCH3 is 1. The second kappa shape index (κ2) is 11.0. The first-order chi connectivity index (χ1) is 14.6. The molecule has 1 heterocycles. The smallest absolute Gasteiger partial charge is 0.349 e. The highest BCUT2D eigenvalue weighted by atomic mass is 32.2. The molecule has 0 aromatic heterocycles. The van der Waals surface area contributed by atoms with Crippen molar-refractivity contribution in [2.75, 3.05) is 7.11 Å². The summed E-state index contributed by atoms with van der Waals surface area (Å²) in [6.07, 6.45) is -1.38. The third-order valence-corrected chi connectivity index (χ3v) is 6.83. The Morgan fingerprint density at radius 3 is 2.26 bits per heavy atom. The maximum atomic E-state index is 13.0. The molecular weight excluding hydrogens is 420 g/mol. The van der Waals surface area contributed by atoms with Crippen LogP contribution in [-0.4, -0.2) is 48.3 Å². The molecule has 172 valence electrons. The summed E-state index contributed by atoms with van der Waals surface area (Å²) in [5.41, 5.74) is 0. The highest BCUT2D eigenvalue weighted by Gasteiger charge is 2.54. The summed E-state index contributed by atoms with van der Waals surface area (Å²) in [6.45, 7) is 8.47. The molecule has 1 aliphatic rings. The Kier molecular flexibility index (Phi) is 8.94. The van der Waals surface area contributed by atoms with Crippen molar-refractivity contribution in [3.8, 4) is 0 Å². The monoisotopic (exact) mass is 452 g/mol. The quantitative estimate of drug-likeness (QED) is 0.432. The third kappa shape index (κ3) is 6.23. The maximum Gasteiger partial charge on any atom is 0.349 e. The molecule has 1 fully saturated rings. The number of carbonyl (C=O) groups is 3. The van der Waals surface area contributed by atoms with E-state index in [4.69, 9.17) is 18.9 Å². The van der Waals surface area contributed by atoms with Gasteiger partial charge in [-0.15, -0.1) is 0 Å². The third-order valence-electron chi connectivity index (χ3n) is 5.57. The van der Waals surface area contributed by atoms with Gasteiger partial charge in [0.05, 0.1) is 7.11 Å². The summed E-state index contributed by atoms with van der Waals surface area (Å²) in [4.78, 5) is 36.1. The van der Waals surface area contributed by atoms with Crippen LogP contribution in [0.4, 0.5) is 0 Å². The van der Waals surface area contributed by atoms with E-state index in [1.807, 2.05) is 51.1 Å². The number of thioether (sulfide) groups is 1. The van der Waals surface area contributed by atoms with Gasteiger partial charge in [0.1, 0.15) is 12.2 Å². The molecule has 0 radical (unpaired) electrons. The molecule has 0 saturated carbocycles. The van der Waals surface area contributed by atoms with E-state index in [1.165, 1.54) is 32.7 Å². The van der Waals surface area contributed by atoms with Crippen molar-refractivity contribution in [3.05, 3.63) is 30.3 Å². The molecule has 8 heteroatoms. The lowest BCUT2D eigenvalue weighted by molar-refractivity contribution is -0.215. The first-order valence-electron chi connectivity index (χ1n) is 10.5. The summed E-state index contributed by atoms with van der Waals surface area (Å²) >= 11 is 1.28. The fourth-order valence-electron chi connectivity index (χ4n) is 3.89. The van der Waals surface area contributed by atoms with Gasteiger partial charge in [-0.3, -0.25) is 9.59 Å². The Hall–Kier alpha value is -2.06. The molecule has 1 aromatic carbocycles. The maximum absolute atomic E-state index is 13.0. The molecule has 0 spiro atoms. The molecule has 2 rings (SSSR count). The number of esters is 3. The van der Waals surface area contributed by atoms with Crippen molar-refractivity contribution in [1.29, 1.82) is 0 Å². The van der Waals surface area contributed by atoms with Crippen molar-refractivity contribution >= 4 is 29.7 Å². The van der Waals surface area contributed by atoms with Crippen LogP contribution >= 0.6 is 11.8 Å². The zero-order valence-electron chi connectivity index (χ0n) is 19.0. The van der Waals surface area contributed by atoms with Gasteiger partial charge in [0.2, 0.25) is 4.93 Å². The molecule has 0 amide bonds. The molecular formula is C23H32O7S. The molecule has 0 aliphatic carbocycles. The number of ether oxygens (including phenoxy) is 4. The van der Waals surface area contributed by atoms with Gasteiger partial charge in [0, 0.05) is 25.2 Å². The Labute approximate surface area is 188 Å². The van der Waals surface area contributed by atoms with E-state index >= 15 is 0 Å². The number of benzene rings is 1. The van der Waals surface area contributed by atoms with Crippen molar-refractivity contribution < 1.29 is 33.3 Å². The van der Waals surface area contributed by atoms with Crippen LogP contribution in [0.5, 0.6) is 0 Å². The van der Waals surface area contributed by atoms with Gasteiger partial charge in [-0.05, 0) is 30.4 Å². The standard InChI is InChI=1S/C23H32O7S/c1-7-19(28-16(4)24)21(29-17(5)25)20-15(3)14(2)13-23(30-20,22(26)27-6)31-18-11-9-8-10-12-18/h8-12,14-15,19-21H,7,13H2,1-6H3/t14-,15-,19-,20?,21-,23+/m1/s1. The summed E-state index contributed by atoms with van der Waals surface area (Å²) in [7, 11) is 1.33. The van der Waals surface area contributed by atoms with Crippen LogP contribution in [0.2, 0.25) is 0 Å². The highest BCUT2D eigenvalue weighted by Crippen LogP contribution is 2.48. The predicted molar refractivity (Wildman–Crippen MR) is 116 cm³/mol. The molecule has 0 bridgehead atoms. The summed E-state index contributed by atoms with van der Waals surface area (Å²) in [5.74, 6) is -1.51. The van der Waals surface area contributed by atoms with Crippen LogP contribution in [0.1, 0.15) is 47.5 Å². The number of hydrogen-bond donors (Lipinski definition) is 0. The largest absolute Gasteiger partial charge is 0.466 e. The topological polar surface area (TPSA) is 88.1 Å².